The highest BCUT2D eigenvalue weighted by atomic mass is 19.1. The lowest BCUT2D eigenvalue weighted by molar-refractivity contribution is -0.133. The Hall–Kier alpha value is -3.41. The van der Waals surface area contributed by atoms with Gasteiger partial charge in [0.05, 0.1) is 12.1 Å². The Balaban J connectivity index is 1.86. The number of nitrogens with zero attached hydrogens (tertiary/aromatic N) is 3. The van der Waals surface area contributed by atoms with Gasteiger partial charge in [0.2, 0.25) is 5.91 Å². The van der Waals surface area contributed by atoms with E-state index in [1.807, 2.05) is 74.1 Å². The first-order valence-electron chi connectivity index (χ1n) is 10.9. The van der Waals surface area contributed by atoms with Crippen molar-refractivity contribution in [3.05, 3.63) is 95.6 Å². The molecule has 0 N–H and O–H groups in total. The summed E-state index contributed by atoms with van der Waals surface area (Å²) in [4.78, 5) is 29.9. The predicted molar refractivity (Wildman–Crippen MR) is 123 cm³/mol. The number of carbonyl (C=O) groups excluding carboxylic acids is 2. The van der Waals surface area contributed by atoms with Gasteiger partial charge in [-0.15, -0.1) is 0 Å². The zero-order valence-electron chi connectivity index (χ0n) is 18.9. The van der Waals surface area contributed by atoms with Gasteiger partial charge < -0.3 is 14.4 Å². The van der Waals surface area contributed by atoms with Crippen LogP contribution in [0.5, 0.6) is 0 Å². The van der Waals surface area contributed by atoms with Crippen LogP contribution in [0.15, 0.2) is 72.9 Å². The number of rotatable bonds is 9. The van der Waals surface area contributed by atoms with Crippen LogP contribution in [0.25, 0.3) is 0 Å². The Morgan fingerprint density at radius 2 is 1.66 bits per heavy atom. The van der Waals surface area contributed by atoms with Crippen molar-refractivity contribution in [2.45, 2.75) is 39.4 Å². The van der Waals surface area contributed by atoms with Crippen LogP contribution in [0.3, 0.4) is 0 Å². The topological polar surface area (TPSA) is 45.6 Å². The summed E-state index contributed by atoms with van der Waals surface area (Å²) in [6.45, 7) is 4.55. The van der Waals surface area contributed by atoms with Crippen LogP contribution in [0.2, 0.25) is 0 Å². The molecular weight excluding hydrogens is 405 g/mol. The summed E-state index contributed by atoms with van der Waals surface area (Å²) < 4.78 is 16.3. The maximum Gasteiger partial charge on any atom is 0.257 e. The summed E-state index contributed by atoms with van der Waals surface area (Å²) in [6, 6.07) is 19.4. The second-order valence-electron chi connectivity index (χ2n) is 8.02. The number of carbonyl (C=O) groups is 2. The molecule has 3 rings (SSSR count). The highest BCUT2D eigenvalue weighted by Crippen LogP contribution is 2.16. The van der Waals surface area contributed by atoms with E-state index in [4.69, 9.17) is 0 Å². The van der Waals surface area contributed by atoms with Gasteiger partial charge in [-0.25, -0.2) is 4.39 Å². The Morgan fingerprint density at radius 1 is 0.969 bits per heavy atom. The number of benzene rings is 2. The van der Waals surface area contributed by atoms with E-state index in [-0.39, 0.29) is 24.1 Å². The van der Waals surface area contributed by atoms with Crippen molar-refractivity contribution in [2.24, 2.45) is 7.05 Å². The van der Waals surface area contributed by atoms with E-state index in [2.05, 4.69) is 0 Å². The highest BCUT2D eigenvalue weighted by Gasteiger charge is 2.27. The van der Waals surface area contributed by atoms with Gasteiger partial charge in [-0.05, 0) is 43.2 Å². The van der Waals surface area contributed by atoms with Gasteiger partial charge in [0.15, 0.2) is 0 Å². The number of hydrogen-bond acceptors (Lipinski definition) is 2. The molecule has 1 atom stereocenters. The van der Waals surface area contributed by atoms with Crippen LogP contribution in [0, 0.1) is 5.82 Å². The Bertz CT molecular complexity index is 1050. The van der Waals surface area contributed by atoms with E-state index >= 15 is 0 Å². The van der Waals surface area contributed by atoms with Gasteiger partial charge in [-0.3, -0.25) is 9.59 Å². The number of amides is 2. The molecule has 0 aliphatic rings. The first-order valence-corrected chi connectivity index (χ1v) is 10.9. The second-order valence-corrected chi connectivity index (χ2v) is 8.02. The Kier molecular flexibility index (Phi) is 7.82. The summed E-state index contributed by atoms with van der Waals surface area (Å²) >= 11 is 0. The van der Waals surface area contributed by atoms with Crippen molar-refractivity contribution in [3.8, 4) is 0 Å². The van der Waals surface area contributed by atoms with Crippen LogP contribution in [0.4, 0.5) is 4.39 Å². The minimum atomic E-state index is -0.580. The van der Waals surface area contributed by atoms with Crippen molar-refractivity contribution in [2.75, 3.05) is 6.54 Å². The summed E-state index contributed by atoms with van der Waals surface area (Å²) in [5.74, 6) is -1.23. The molecule has 2 amide bonds. The van der Waals surface area contributed by atoms with Crippen LogP contribution >= 0.6 is 0 Å². The molecule has 5 nitrogen and oxygen atoms in total. The van der Waals surface area contributed by atoms with E-state index in [1.165, 1.54) is 17.0 Å². The predicted octanol–water partition coefficient (Wildman–Crippen LogP) is 4.63. The molecule has 0 spiro atoms. The molecule has 32 heavy (non-hydrogen) atoms. The number of aryl methyl sites for hydroxylation is 1. The maximum atomic E-state index is 14.3. The zero-order chi connectivity index (χ0) is 23.1. The second kappa shape index (κ2) is 10.8. The molecule has 168 valence electrons. The third kappa shape index (κ3) is 5.63. The first-order chi connectivity index (χ1) is 15.4. The molecule has 3 aromatic rings. The molecule has 0 aliphatic carbocycles. The molecule has 6 heteroatoms. The number of halogens is 1. The molecule has 0 saturated heterocycles. The van der Waals surface area contributed by atoms with E-state index in [1.54, 1.807) is 17.0 Å². The van der Waals surface area contributed by atoms with Gasteiger partial charge in [0, 0.05) is 31.5 Å². The third-order valence-corrected chi connectivity index (χ3v) is 5.77. The average Bonchev–Trinajstić information content (AvgIpc) is 3.21. The largest absolute Gasteiger partial charge is 0.353 e. The SMILES string of the molecule is CCC(C)N(CC(=O)N(Cc1ccccc1)Cc1cccn1C)C(=O)c1ccccc1F. The molecule has 0 fully saturated rings. The lowest BCUT2D eigenvalue weighted by atomic mass is 10.1. The molecule has 0 aliphatic heterocycles. The van der Waals surface area contributed by atoms with Crippen molar-refractivity contribution < 1.29 is 14.0 Å². The summed E-state index contributed by atoms with van der Waals surface area (Å²) in [7, 11) is 1.94. The molecular formula is C26H30FN3O2. The number of hydrogen-bond donors (Lipinski definition) is 0. The lowest BCUT2D eigenvalue weighted by Gasteiger charge is -2.31. The molecule has 1 heterocycles. The van der Waals surface area contributed by atoms with Crippen molar-refractivity contribution in [1.82, 2.24) is 14.4 Å². The molecule has 0 saturated carbocycles. The van der Waals surface area contributed by atoms with E-state index in [0.29, 0.717) is 19.5 Å². The van der Waals surface area contributed by atoms with Crippen LogP contribution in [0.1, 0.15) is 41.9 Å². The fraction of sp³-hybridized carbons (Fsp3) is 0.308. The Morgan fingerprint density at radius 3 is 2.28 bits per heavy atom. The lowest BCUT2D eigenvalue weighted by Crippen LogP contribution is -2.46. The van der Waals surface area contributed by atoms with Gasteiger partial charge in [-0.2, -0.15) is 0 Å². The van der Waals surface area contributed by atoms with Crippen LogP contribution < -0.4 is 0 Å². The quantitative estimate of drug-likeness (QED) is 0.492. The van der Waals surface area contributed by atoms with Gasteiger partial charge in [0.25, 0.3) is 5.91 Å². The summed E-state index contributed by atoms with van der Waals surface area (Å²) in [5, 5.41) is 0. The fourth-order valence-corrected chi connectivity index (χ4v) is 3.58. The highest BCUT2D eigenvalue weighted by molar-refractivity contribution is 5.97. The summed E-state index contributed by atoms with van der Waals surface area (Å²) in [6.07, 6.45) is 2.59. The standard InChI is InChI=1S/C26H30FN3O2/c1-4-20(2)30(26(32)23-14-8-9-15-24(23)27)19-25(31)29(17-21-11-6-5-7-12-21)18-22-13-10-16-28(22)3/h5-16,20H,4,17-19H2,1-3H3. The van der Waals surface area contributed by atoms with Crippen molar-refractivity contribution >= 4 is 11.8 Å². The fourth-order valence-electron chi connectivity index (χ4n) is 3.58. The van der Waals surface area contributed by atoms with Crippen LogP contribution in [-0.4, -0.2) is 38.8 Å². The Labute approximate surface area is 189 Å². The normalized spacial score (nSPS) is 11.8. The van der Waals surface area contributed by atoms with Crippen molar-refractivity contribution in [3.63, 3.8) is 0 Å². The monoisotopic (exact) mass is 435 g/mol. The van der Waals surface area contributed by atoms with Crippen molar-refractivity contribution in [1.29, 1.82) is 0 Å². The van der Waals surface area contributed by atoms with E-state index < -0.39 is 11.7 Å². The van der Waals surface area contributed by atoms with Gasteiger partial charge in [-0.1, -0.05) is 49.4 Å². The van der Waals surface area contributed by atoms with Crippen LogP contribution in [-0.2, 0) is 24.9 Å². The average molecular weight is 436 g/mol. The molecule has 1 aromatic heterocycles. The molecule has 0 radical (unpaired) electrons. The number of aromatic nitrogens is 1. The van der Waals surface area contributed by atoms with Gasteiger partial charge >= 0.3 is 0 Å². The summed E-state index contributed by atoms with van der Waals surface area (Å²) in [5.41, 5.74) is 1.98. The van der Waals surface area contributed by atoms with E-state index in [9.17, 15) is 14.0 Å². The minimum Gasteiger partial charge on any atom is -0.353 e. The maximum absolute atomic E-state index is 14.3. The first kappa shape index (κ1) is 23.3. The van der Waals surface area contributed by atoms with E-state index in [0.717, 1.165) is 11.3 Å². The van der Waals surface area contributed by atoms with Gasteiger partial charge in [0.1, 0.15) is 12.4 Å². The molecule has 2 aromatic carbocycles. The minimum absolute atomic E-state index is 0.0161. The zero-order valence-corrected chi connectivity index (χ0v) is 18.9. The third-order valence-electron chi connectivity index (χ3n) is 5.77. The molecule has 0 bridgehead atoms. The smallest absolute Gasteiger partial charge is 0.257 e. The molecule has 1 unspecified atom stereocenters.